The molecule has 2 aromatic carbocycles. The molecular formula is C19H18N2O3S2. The Bertz CT molecular complexity index is 1020. The van der Waals surface area contributed by atoms with Crippen LogP contribution in [0.2, 0.25) is 0 Å². The summed E-state index contributed by atoms with van der Waals surface area (Å²) in [6.07, 6.45) is 3.48. The molecule has 2 N–H and O–H groups in total. The molecule has 0 saturated heterocycles. The largest absolute Gasteiger partial charge is 0.397 e. The Balaban J connectivity index is 1.77. The highest BCUT2D eigenvalue weighted by molar-refractivity contribution is 8.18. The van der Waals surface area contributed by atoms with Gasteiger partial charge in [0.25, 0.3) is 0 Å². The maximum Gasteiger partial charge on any atom is 0.358 e. The second-order valence-electron chi connectivity index (χ2n) is 5.80. The molecular weight excluding hydrogens is 368 g/mol. The van der Waals surface area contributed by atoms with Crippen LogP contribution < -0.4 is 5.73 Å². The number of hydrogen-bond donors (Lipinski definition) is 1. The second kappa shape index (κ2) is 7.39. The van der Waals surface area contributed by atoms with Crippen molar-refractivity contribution < 1.29 is 12.7 Å². The number of nitrogens with zero attached hydrogens (tertiary/aromatic N) is 1. The summed E-state index contributed by atoms with van der Waals surface area (Å²) < 4.78 is 29.2. The van der Waals surface area contributed by atoms with E-state index in [0.717, 1.165) is 21.6 Å². The summed E-state index contributed by atoms with van der Waals surface area (Å²) >= 11 is 1.26. The SMILES string of the molecule is Cc1ccc(S(=O)(=O)ON=C2C=C/C(=C(/N)c3ccccc3C)S2)cc1. The Hall–Kier alpha value is -2.51. The van der Waals surface area contributed by atoms with Gasteiger partial charge in [-0.25, -0.2) is 0 Å². The minimum absolute atomic E-state index is 0.0645. The second-order valence-corrected chi connectivity index (χ2v) is 8.39. The quantitative estimate of drug-likeness (QED) is 0.805. The van der Waals surface area contributed by atoms with Crippen LogP contribution in [-0.2, 0) is 14.4 Å². The molecule has 134 valence electrons. The van der Waals surface area contributed by atoms with Crippen LogP contribution in [0.3, 0.4) is 0 Å². The predicted octanol–water partition coefficient (Wildman–Crippen LogP) is 3.95. The lowest BCUT2D eigenvalue weighted by Crippen LogP contribution is -2.03. The smallest absolute Gasteiger partial charge is 0.358 e. The molecule has 0 aromatic heterocycles. The minimum Gasteiger partial charge on any atom is -0.397 e. The lowest BCUT2D eigenvalue weighted by molar-refractivity contribution is 0.340. The Morgan fingerprint density at radius 3 is 2.42 bits per heavy atom. The van der Waals surface area contributed by atoms with Gasteiger partial charge in [0.2, 0.25) is 0 Å². The van der Waals surface area contributed by atoms with Gasteiger partial charge in [-0.2, -0.15) is 8.42 Å². The van der Waals surface area contributed by atoms with Gasteiger partial charge in [-0.05, 0) is 43.7 Å². The van der Waals surface area contributed by atoms with Crippen molar-refractivity contribution in [1.29, 1.82) is 0 Å². The summed E-state index contributed by atoms with van der Waals surface area (Å²) in [5.74, 6) is 0. The van der Waals surface area contributed by atoms with Crippen LogP contribution in [0, 0.1) is 13.8 Å². The van der Waals surface area contributed by atoms with Gasteiger partial charge in [0.15, 0.2) is 0 Å². The summed E-state index contributed by atoms with van der Waals surface area (Å²) in [7, 11) is -3.94. The highest BCUT2D eigenvalue weighted by atomic mass is 32.2. The molecule has 1 aliphatic heterocycles. The Kier molecular flexibility index (Phi) is 5.20. The average molecular weight is 386 g/mol. The molecule has 1 heterocycles. The van der Waals surface area contributed by atoms with Gasteiger partial charge >= 0.3 is 10.1 Å². The van der Waals surface area contributed by atoms with Gasteiger partial charge in [0.1, 0.15) is 9.94 Å². The van der Waals surface area contributed by atoms with Crippen molar-refractivity contribution in [3.05, 3.63) is 82.3 Å². The van der Waals surface area contributed by atoms with Crippen LogP contribution in [0.15, 0.2) is 75.6 Å². The van der Waals surface area contributed by atoms with Crippen molar-refractivity contribution in [2.75, 3.05) is 0 Å². The number of aryl methyl sites for hydroxylation is 2. The zero-order chi connectivity index (χ0) is 18.7. The molecule has 0 atom stereocenters. The maximum atomic E-state index is 12.2. The fraction of sp³-hybridized carbons (Fsp3) is 0.105. The predicted molar refractivity (Wildman–Crippen MR) is 106 cm³/mol. The van der Waals surface area contributed by atoms with E-state index < -0.39 is 10.1 Å². The highest BCUT2D eigenvalue weighted by Gasteiger charge is 2.18. The van der Waals surface area contributed by atoms with Crippen molar-refractivity contribution in [1.82, 2.24) is 0 Å². The van der Waals surface area contributed by atoms with Crippen molar-refractivity contribution in [2.45, 2.75) is 18.7 Å². The first kappa shape index (κ1) is 18.3. The van der Waals surface area contributed by atoms with E-state index in [1.807, 2.05) is 38.1 Å². The Morgan fingerprint density at radius 2 is 1.73 bits per heavy atom. The van der Waals surface area contributed by atoms with E-state index in [1.165, 1.54) is 23.9 Å². The zero-order valence-corrected chi connectivity index (χ0v) is 16.0. The first-order valence-corrected chi connectivity index (χ1v) is 10.1. The van der Waals surface area contributed by atoms with Gasteiger partial charge in [-0.1, -0.05) is 58.9 Å². The van der Waals surface area contributed by atoms with Crippen LogP contribution in [0.4, 0.5) is 0 Å². The van der Waals surface area contributed by atoms with E-state index in [4.69, 9.17) is 10.0 Å². The molecule has 0 saturated carbocycles. The van der Waals surface area contributed by atoms with Crippen LogP contribution in [-0.4, -0.2) is 13.5 Å². The molecule has 26 heavy (non-hydrogen) atoms. The summed E-state index contributed by atoms with van der Waals surface area (Å²) in [5.41, 5.74) is 9.83. The van der Waals surface area contributed by atoms with Crippen molar-refractivity contribution in [3.63, 3.8) is 0 Å². The fourth-order valence-electron chi connectivity index (χ4n) is 2.36. The molecule has 0 radical (unpaired) electrons. The Morgan fingerprint density at radius 1 is 1.04 bits per heavy atom. The first-order valence-electron chi connectivity index (χ1n) is 7.87. The van der Waals surface area contributed by atoms with Crippen LogP contribution >= 0.6 is 11.8 Å². The third-order valence-electron chi connectivity index (χ3n) is 3.83. The maximum absolute atomic E-state index is 12.2. The van der Waals surface area contributed by atoms with Gasteiger partial charge in [0.05, 0.1) is 5.70 Å². The molecule has 0 fully saturated rings. The summed E-state index contributed by atoms with van der Waals surface area (Å²) in [6, 6.07) is 14.2. The van der Waals surface area contributed by atoms with Crippen LogP contribution in [0.25, 0.3) is 5.70 Å². The van der Waals surface area contributed by atoms with Crippen LogP contribution in [0.1, 0.15) is 16.7 Å². The molecule has 0 spiro atoms. The standard InChI is InChI=1S/C19H18N2O3S2/c1-13-7-9-15(10-8-13)26(22,23)24-21-18-12-11-17(25-18)19(20)16-6-4-3-5-14(16)2/h3-12H,20H2,1-2H3/b19-17-,21-18?. The summed E-state index contributed by atoms with van der Waals surface area (Å²) in [4.78, 5) is 0.865. The van der Waals surface area contributed by atoms with E-state index >= 15 is 0 Å². The monoisotopic (exact) mass is 386 g/mol. The topological polar surface area (TPSA) is 81.8 Å². The lowest BCUT2D eigenvalue weighted by atomic mass is 10.1. The molecule has 0 bridgehead atoms. The number of thioether (sulfide) groups is 1. The third kappa shape index (κ3) is 4.00. The van der Waals surface area contributed by atoms with Gasteiger partial charge < -0.3 is 5.73 Å². The third-order valence-corrected chi connectivity index (χ3v) is 5.94. The van der Waals surface area contributed by atoms with Gasteiger partial charge in [-0.15, -0.1) is 0 Å². The molecule has 0 amide bonds. The highest BCUT2D eigenvalue weighted by Crippen LogP contribution is 2.32. The number of benzene rings is 2. The van der Waals surface area contributed by atoms with E-state index in [9.17, 15) is 8.42 Å². The van der Waals surface area contributed by atoms with Gasteiger partial charge in [-0.3, -0.25) is 4.28 Å². The average Bonchev–Trinajstić information content (AvgIpc) is 3.09. The zero-order valence-electron chi connectivity index (χ0n) is 14.3. The molecule has 3 rings (SSSR count). The van der Waals surface area contributed by atoms with Crippen molar-refractivity contribution in [3.8, 4) is 0 Å². The van der Waals surface area contributed by atoms with Gasteiger partial charge in [0, 0.05) is 10.5 Å². The summed E-state index contributed by atoms with van der Waals surface area (Å²) in [6.45, 7) is 3.86. The molecule has 5 nitrogen and oxygen atoms in total. The number of nitrogens with two attached hydrogens (primary N) is 1. The summed E-state index contributed by atoms with van der Waals surface area (Å²) in [5, 5.41) is 4.18. The lowest BCUT2D eigenvalue weighted by Gasteiger charge is -2.08. The van der Waals surface area contributed by atoms with E-state index in [-0.39, 0.29) is 4.90 Å². The molecule has 2 aromatic rings. The molecule has 7 heteroatoms. The minimum atomic E-state index is -3.94. The number of rotatable bonds is 4. The van der Waals surface area contributed by atoms with Crippen molar-refractivity contribution in [2.24, 2.45) is 10.9 Å². The van der Waals surface area contributed by atoms with E-state index in [2.05, 4.69) is 5.16 Å². The normalized spacial score (nSPS) is 17.5. The Labute approximate surface area is 157 Å². The number of hydrogen-bond acceptors (Lipinski definition) is 6. The molecule has 1 aliphatic rings. The van der Waals surface area contributed by atoms with Crippen molar-refractivity contribution >= 4 is 32.6 Å². The molecule has 0 unspecified atom stereocenters. The molecule has 0 aliphatic carbocycles. The fourth-order valence-corrected chi connectivity index (χ4v) is 3.94. The van der Waals surface area contributed by atoms with E-state index in [0.29, 0.717) is 10.7 Å². The first-order chi connectivity index (χ1) is 12.4. The van der Waals surface area contributed by atoms with Crippen LogP contribution in [0.5, 0.6) is 0 Å². The number of oxime groups is 1. The number of allylic oxidation sites excluding steroid dienone is 1. The van der Waals surface area contributed by atoms with E-state index in [1.54, 1.807) is 24.3 Å².